The number of benzene rings is 3. The number of hydrogen-bond acceptors (Lipinski definition) is 4. The molecule has 1 N–H and O–H groups in total. The maximum atomic E-state index is 12.7. The summed E-state index contributed by atoms with van der Waals surface area (Å²) in [5.74, 6) is 0.546. The maximum absolute atomic E-state index is 12.7. The van der Waals surface area contributed by atoms with Crippen LogP contribution in [0.25, 0.3) is 0 Å². The summed E-state index contributed by atoms with van der Waals surface area (Å²) in [5, 5.41) is 2.83. The van der Waals surface area contributed by atoms with E-state index in [1.54, 1.807) is 74.7 Å². The molecule has 3 aromatic carbocycles. The lowest BCUT2D eigenvalue weighted by Crippen LogP contribution is -2.25. The average Bonchev–Trinajstić information content (AvgIpc) is 2.74. The highest BCUT2D eigenvalue weighted by molar-refractivity contribution is 6.06. The number of anilines is 1. The predicted octanol–water partition coefficient (Wildman–Crippen LogP) is 4.60. The molecular formula is C23H21NO4. The number of ether oxygens (including phenoxy) is 2. The molecule has 142 valence electrons. The van der Waals surface area contributed by atoms with Gasteiger partial charge >= 0.3 is 0 Å². The lowest BCUT2D eigenvalue weighted by molar-refractivity contribution is 0.0812. The number of ketones is 1. The van der Waals surface area contributed by atoms with Gasteiger partial charge in [-0.1, -0.05) is 30.3 Å². The lowest BCUT2D eigenvalue weighted by atomic mass is 10.1. The fourth-order valence-electron chi connectivity index (χ4n) is 2.71. The Morgan fingerprint density at radius 3 is 2.18 bits per heavy atom. The van der Waals surface area contributed by atoms with Crippen molar-refractivity contribution in [3.63, 3.8) is 0 Å². The maximum Gasteiger partial charge on any atom is 0.259 e. The summed E-state index contributed by atoms with van der Waals surface area (Å²) in [6.45, 7) is 1.67. The minimum Gasteiger partial charge on any atom is -0.497 e. The highest BCUT2D eigenvalue weighted by Crippen LogP contribution is 2.22. The molecule has 0 aliphatic heterocycles. The van der Waals surface area contributed by atoms with Crippen molar-refractivity contribution in [3.8, 4) is 11.5 Å². The number of carbonyl (C=O) groups is 2. The predicted molar refractivity (Wildman–Crippen MR) is 108 cm³/mol. The summed E-state index contributed by atoms with van der Waals surface area (Å²) in [5.41, 5.74) is 1.56. The minimum atomic E-state index is -0.751. The average molecular weight is 375 g/mol. The molecule has 28 heavy (non-hydrogen) atoms. The van der Waals surface area contributed by atoms with Crippen LogP contribution in [0.2, 0.25) is 0 Å². The van der Waals surface area contributed by atoms with Gasteiger partial charge in [0, 0.05) is 11.3 Å². The fourth-order valence-corrected chi connectivity index (χ4v) is 2.71. The van der Waals surface area contributed by atoms with Crippen molar-refractivity contribution < 1.29 is 19.1 Å². The summed E-state index contributed by atoms with van der Waals surface area (Å²) in [6, 6.07) is 22.8. The number of Topliss-reactive ketones (excluding diaryl/α,β-unsaturated/α-hetero) is 1. The smallest absolute Gasteiger partial charge is 0.259 e. The second kappa shape index (κ2) is 8.86. The van der Waals surface area contributed by atoms with Crippen LogP contribution < -0.4 is 14.8 Å². The summed E-state index contributed by atoms with van der Waals surface area (Å²) in [7, 11) is 1.57. The molecular weight excluding hydrogens is 354 g/mol. The molecule has 0 radical (unpaired) electrons. The first-order chi connectivity index (χ1) is 13.6. The molecule has 5 nitrogen and oxygen atoms in total. The van der Waals surface area contributed by atoms with Crippen LogP contribution in [0, 0.1) is 0 Å². The zero-order valence-corrected chi connectivity index (χ0v) is 15.7. The van der Waals surface area contributed by atoms with Crippen molar-refractivity contribution in [1.29, 1.82) is 0 Å². The van der Waals surface area contributed by atoms with Crippen LogP contribution in [-0.2, 0) is 0 Å². The fraction of sp³-hybridized carbons (Fsp3) is 0.130. The first kappa shape index (κ1) is 19.2. The Kier molecular flexibility index (Phi) is 6.07. The van der Waals surface area contributed by atoms with Crippen LogP contribution in [0.5, 0.6) is 11.5 Å². The number of rotatable bonds is 7. The molecule has 0 saturated carbocycles. The van der Waals surface area contributed by atoms with Gasteiger partial charge in [0.2, 0.25) is 5.78 Å². The van der Waals surface area contributed by atoms with Crippen LogP contribution in [-0.4, -0.2) is 24.9 Å². The van der Waals surface area contributed by atoms with E-state index in [1.165, 1.54) is 0 Å². The Balaban J connectivity index is 1.74. The molecule has 0 aromatic heterocycles. The zero-order chi connectivity index (χ0) is 19.9. The quantitative estimate of drug-likeness (QED) is 0.613. The Bertz CT molecular complexity index is 952. The summed E-state index contributed by atoms with van der Waals surface area (Å²) in [6.07, 6.45) is -0.751. The first-order valence-corrected chi connectivity index (χ1v) is 8.89. The third-order valence-corrected chi connectivity index (χ3v) is 4.21. The summed E-state index contributed by atoms with van der Waals surface area (Å²) < 4.78 is 10.9. The van der Waals surface area contributed by atoms with Crippen LogP contribution >= 0.6 is 0 Å². The molecule has 0 saturated heterocycles. The van der Waals surface area contributed by atoms with Gasteiger partial charge in [0.15, 0.2) is 6.10 Å². The van der Waals surface area contributed by atoms with Gasteiger partial charge in [-0.25, -0.2) is 0 Å². The van der Waals surface area contributed by atoms with Gasteiger partial charge in [-0.05, 0) is 55.5 Å². The molecule has 0 fully saturated rings. The van der Waals surface area contributed by atoms with E-state index in [0.29, 0.717) is 28.3 Å². The molecule has 0 unspecified atom stereocenters. The van der Waals surface area contributed by atoms with E-state index >= 15 is 0 Å². The normalized spacial score (nSPS) is 11.4. The van der Waals surface area contributed by atoms with E-state index in [-0.39, 0.29) is 11.7 Å². The van der Waals surface area contributed by atoms with Crippen molar-refractivity contribution >= 4 is 17.4 Å². The van der Waals surface area contributed by atoms with Gasteiger partial charge in [-0.2, -0.15) is 0 Å². The minimum absolute atomic E-state index is 0.180. The zero-order valence-electron chi connectivity index (χ0n) is 15.7. The van der Waals surface area contributed by atoms with Gasteiger partial charge in [0.25, 0.3) is 5.91 Å². The van der Waals surface area contributed by atoms with E-state index in [4.69, 9.17) is 9.47 Å². The van der Waals surface area contributed by atoms with Crippen molar-refractivity contribution in [2.45, 2.75) is 13.0 Å². The largest absolute Gasteiger partial charge is 0.497 e. The lowest BCUT2D eigenvalue weighted by Gasteiger charge is -2.17. The highest BCUT2D eigenvalue weighted by atomic mass is 16.5. The monoisotopic (exact) mass is 375 g/mol. The van der Waals surface area contributed by atoms with Crippen molar-refractivity contribution in [1.82, 2.24) is 0 Å². The Morgan fingerprint density at radius 1 is 0.857 bits per heavy atom. The van der Waals surface area contributed by atoms with Gasteiger partial charge in [0.1, 0.15) is 11.5 Å². The summed E-state index contributed by atoms with van der Waals surface area (Å²) in [4.78, 5) is 25.3. The van der Waals surface area contributed by atoms with Crippen molar-refractivity contribution in [2.24, 2.45) is 0 Å². The number of methoxy groups -OCH3 is 1. The second-order valence-corrected chi connectivity index (χ2v) is 6.17. The van der Waals surface area contributed by atoms with Crippen LogP contribution in [0.15, 0.2) is 78.9 Å². The van der Waals surface area contributed by atoms with Gasteiger partial charge in [0.05, 0.1) is 12.7 Å². The number of hydrogen-bond donors (Lipinski definition) is 1. The SMILES string of the molecule is COc1ccc(C(=O)[C@H](C)Oc2ccccc2C(=O)Nc2ccccc2)cc1. The van der Waals surface area contributed by atoms with Gasteiger partial charge in [-0.3, -0.25) is 9.59 Å². The molecule has 0 aliphatic rings. The van der Waals surface area contributed by atoms with Crippen molar-refractivity contribution in [3.05, 3.63) is 90.0 Å². The molecule has 0 aliphatic carbocycles. The molecule has 3 aromatic rings. The number of amides is 1. The van der Waals surface area contributed by atoms with E-state index in [9.17, 15) is 9.59 Å². The van der Waals surface area contributed by atoms with E-state index in [2.05, 4.69) is 5.32 Å². The summed E-state index contributed by atoms with van der Waals surface area (Å²) >= 11 is 0. The Hall–Kier alpha value is -3.60. The number of nitrogens with one attached hydrogen (secondary N) is 1. The molecule has 0 spiro atoms. The van der Waals surface area contributed by atoms with Crippen molar-refractivity contribution in [2.75, 3.05) is 12.4 Å². The molecule has 0 bridgehead atoms. The number of carbonyl (C=O) groups excluding carboxylic acids is 2. The molecule has 1 atom stereocenters. The van der Waals surface area contributed by atoms with Gasteiger partial charge in [-0.15, -0.1) is 0 Å². The highest BCUT2D eigenvalue weighted by Gasteiger charge is 2.20. The van der Waals surface area contributed by atoms with Crippen LogP contribution in [0.3, 0.4) is 0 Å². The van der Waals surface area contributed by atoms with E-state index < -0.39 is 6.10 Å². The first-order valence-electron chi connectivity index (χ1n) is 8.89. The van der Waals surface area contributed by atoms with Crippen LogP contribution in [0.4, 0.5) is 5.69 Å². The van der Waals surface area contributed by atoms with E-state index in [1.807, 2.05) is 18.2 Å². The third-order valence-electron chi connectivity index (χ3n) is 4.21. The second-order valence-electron chi connectivity index (χ2n) is 6.17. The molecule has 3 rings (SSSR count). The Morgan fingerprint density at radius 2 is 1.50 bits per heavy atom. The molecule has 0 heterocycles. The third kappa shape index (κ3) is 4.57. The molecule has 1 amide bonds. The molecule has 5 heteroatoms. The number of para-hydroxylation sites is 2. The topological polar surface area (TPSA) is 64.6 Å². The van der Waals surface area contributed by atoms with Crippen LogP contribution in [0.1, 0.15) is 27.6 Å². The van der Waals surface area contributed by atoms with Gasteiger partial charge < -0.3 is 14.8 Å². The standard InChI is InChI=1S/C23H21NO4/c1-16(22(25)17-12-14-19(27-2)15-13-17)28-21-11-7-6-10-20(21)23(26)24-18-8-4-3-5-9-18/h3-16H,1-2H3,(H,24,26)/t16-/m0/s1. The Labute approximate surface area is 163 Å². The van der Waals surface area contributed by atoms with E-state index in [0.717, 1.165) is 0 Å².